The molecule has 1 aromatic carbocycles. The largest absolute Gasteiger partial charge is 0.477 e. The van der Waals surface area contributed by atoms with Gasteiger partial charge < -0.3 is 10.0 Å². The normalized spacial score (nSPS) is 11.3. The van der Waals surface area contributed by atoms with Crippen molar-refractivity contribution < 1.29 is 23.5 Å². The van der Waals surface area contributed by atoms with Crippen molar-refractivity contribution in [2.24, 2.45) is 0 Å². The van der Waals surface area contributed by atoms with Crippen molar-refractivity contribution in [3.63, 3.8) is 0 Å². The van der Waals surface area contributed by atoms with E-state index in [1.54, 1.807) is 22.6 Å². The van der Waals surface area contributed by atoms with Crippen molar-refractivity contribution in [2.45, 2.75) is 0 Å². The highest BCUT2D eigenvalue weighted by molar-refractivity contribution is 14.1. The molecule has 4 nitrogen and oxygen atoms in total. The van der Waals surface area contributed by atoms with E-state index in [1.165, 1.54) is 19.0 Å². The van der Waals surface area contributed by atoms with E-state index in [0.717, 1.165) is 18.3 Å². The summed E-state index contributed by atoms with van der Waals surface area (Å²) >= 11 is 1.71. The van der Waals surface area contributed by atoms with E-state index in [0.29, 0.717) is 3.57 Å². The molecule has 0 aromatic heterocycles. The van der Waals surface area contributed by atoms with Gasteiger partial charge in [-0.25, -0.2) is 13.6 Å². The topological polar surface area (TPSA) is 57.6 Å². The third-order valence-electron chi connectivity index (χ3n) is 2.10. The maximum Gasteiger partial charge on any atom is 0.341 e. The van der Waals surface area contributed by atoms with Gasteiger partial charge >= 0.3 is 5.97 Å². The van der Waals surface area contributed by atoms with Crippen LogP contribution < -0.4 is 0 Å². The number of halogens is 3. The van der Waals surface area contributed by atoms with Gasteiger partial charge in [0.2, 0.25) is 5.78 Å². The number of nitrogens with zero attached hydrogens (tertiary/aromatic N) is 1. The molecule has 0 bridgehead atoms. The first kappa shape index (κ1) is 15.5. The number of benzene rings is 1. The average molecular weight is 381 g/mol. The van der Waals surface area contributed by atoms with Crippen LogP contribution in [-0.4, -0.2) is 35.9 Å². The highest BCUT2D eigenvalue weighted by atomic mass is 127. The van der Waals surface area contributed by atoms with E-state index in [9.17, 15) is 18.4 Å². The molecule has 0 aliphatic heterocycles. The van der Waals surface area contributed by atoms with Crippen LogP contribution >= 0.6 is 22.6 Å². The molecule has 0 aliphatic carbocycles. The molecule has 0 saturated carbocycles. The molecule has 1 rings (SSSR count). The zero-order valence-corrected chi connectivity index (χ0v) is 12.2. The molecule has 7 heteroatoms. The second-order valence-corrected chi connectivity index (χ2v) is 5.14. The molecule has 0 radical (unpaired) electrons. The molecule has 102 valence electrons. The van der Waals surface area contributed by atoms with Gasteiger partial charge in [0.05, 0.1) is 5.56 Å². The summed E-state index contributed by atoms with van der Waals surface area (Å²) in [7, 11) is 3.03. The fourth-order valence-corrected chi connectivity index (χ4v) is 1.92. The van der Waals surface area contributed by atoms with Crippen LogP contribution in [0.15, 0.2) is 23.9 Å². The summed E-state index contributed by atoms with van der Waals surface area (Å²) in [4.78, 5) is 24.3. The Bertz CT molecular complexity index is 570. The Balaban J connectivity index is 3.37. The van der Waals surface area contributed by atoms with Gasteiger partial charge in [0, 0.05) is 23.9 Å². The van der Waals surface area contributed by atoms with E-state index in [4.69, 9.17) is 5.11 Å². The van der Waals surface area contributed by atoms with Crippen molar-refractivity contribution in [3.8, 4) is 0 Å². The number of carbonyl (C=O) groups excluding carboxylic acids is 1. The molecule has 0 fully saturated rings. The second-order valence-electron chi connectivity index (χ2n) is 3.89. The highest BCUT2D eigenvalue weighted by Crippen LogP contribution is 2.20. The van der Waals surface area contributed by atoms with Crippen molar-refractivity contribution in [2.75, 3.05) is 14.1 Å². The van der Waals surface area contributed by atoms with E-state index in [1.807, 2.05) is 0 Å². The summed E-state index contributed by atoms with van der Waals surface area (Å²) in [5.41, 5.74) is -1.23. The predicted molar refractivity (Wildman–Crippen MR) is 72.8 cm³/mol. The smallest absolute Gasteiger partial charge is 0.341 e. The van der Waals surface area contributed by atoms with E-state index >= 15 is 0 Å². The van der Waals surface area contributed by atoms with Crippen LogP contribution in [0.4, 0.5) is 8.78 Å². The van der Waals surface area contributed by atoms with Crippen LogP contribution in [0.2, 0.25) is 0 Å². The van der Waals surface area contributed by atoms with Crippen molar-refractivity contribution in [1.29, 1.82) is 0 Å². The van der Waals surface area contributed by atoms with Crippen LogP contribution in [0, 0.1) is 15.2 Å². The maximum absolute atomic E-state index is 13.6. The van der Waals surface area contributed by atoms with Crippen LogP contribution in [0.3, 0.4) is 0 Å². The van der Waals surface area contributed by atoms with Crippen LogP contribution in [0.25, 0.3) is 0 Å². The molecular weight excluding hydrogens is 371 g/mol. The molecule has 0 aliphatic rings. The van der Waals surface area contributed by atoms with Crippen LogP contribution in [-0.2, 0) is 4.79 Å². The van der Waals surface area contributed by atoms with Gasteiger partial charge in [-0.1, -0.05) is 0 Å². The van der Waals surface area contributed by atoms with Crippen LogP contribution in [0.5, 0.6) is 0 Å². The van der Waals surface area contributed by atoms with Crippen molar-refractivity contribution >= 4 is 34.3 Å². The molecular formula is C12H10F2INO3. The Morgan fingerprint density at radius 2 is 1.89 bits per heavy atom. The summed E-state index contributed by atoms with van der Waals surface area (Å²) < 4.78 is 27.1. The van der Waals surface area contributed by atoms with Gasteiger partial charge in [-0.2, -0.15) is 0 Å². The van der Waals surface area contributed by atoms with E-state index in [2.05, 4.69) is 0 Å². The number of carboxylic acids is 1. The number of ketones is 1. The van der Waals surface area contributed by atoms with Gasteiger partial charge in [-0.15, -0.1) is 0 Å². The lowest BCUT2D eigenvalue weighted by atomic mass is 10.0. The Kier molecular flexibility index (Phi) is 4.98. The Hall–Kier alpha value is -1.51. The lowest BCUT2D eigenvalue weighted by Gasteiger charge is -2.09. The third kappa shape index (κ3) is 3.72. The molecule has 0 atom stereocenters. The minimum absolute atomic E-state index is 0.300. The zero-order chi connectivity index (χ0) is 14.7. The SMILES string of the molecule is CN(C)/C=C(\C(=O)O)C(=O)c1cc(I)cc(F)c1F. The third-order valence-corrected chi connectivity index (χ3v) is 2.72. The lowest BCUT2D eigenvalue weighted by molar-refractivity contribution is -0.132. The average Bonchev–Trinajstić information content (AvgIpc) is 2.29. The molecule has 0 saturated heterocycles. The first-order valence-electron chi connectivity index (χ1n) is 5.04. The summed E-state index contributed by atoms with van der Waals surface area (Å²) in [6.45, 7) is 0. The first-order valence-corrected chi connectivity index (χ1v) is 6.12. The van der Waals surface area contributed by atoms with Gasteiger partial charge in [0.25, 0.3) is 0 Å². The number of hydrogen-bond donors (Lipinski definition) is 1. The molecule has 19 heavy (non-hydrogen) atoms. The molecule has 0 amide bonds. The second kappa shape index (κ2) is 6.09. The molecule has 0 unspecified atom stereocenters. The summed E-state index contributed by atoms with van der Waals surface area (Å²) in [6.07, 6.45) is 1.04. The Morgan fingerprint density at radius 1 is 1.32 bits per heavy atom. The number of Topliss-reactive ketones (excluding diaryl/α,β-unsaturated/α-hetero) is 1. The molecule has 0 spiro atoms. The fourth-order valence-electron chi connectivity index (χ4n) is 1.34. The highest BCUT2D eigenvalue weighted by Gasteiger charge is 2.24. The van der Waals surface area contributed by atoms with E-state index in [-0.39, 0.29) is 0 Å². The molecule has 1 aromatic rings. The molecule has 1 N–H and O–H groups in total. The number of carboxylic acid groups (broad SMARTS) is 1. The molecule has 0 heterocycles. The Labute approximate surface area is 121 Å². The number of aliphatic carboxylic acids is 1. The maximum atomic E-state index is 13.6. The number of hydrogen-bond acceptors (Lipinski definition) is 3. The lowest BCUT2D eigenvalue weighted by Crippen LogP contribution is -2.18. The van der Waals surface area contributed by atoms with Gasteiger partial charge in [-0.3, -0.25) is 4.79 Å². The standard InChI is InChI=1S/C12H10F2INO3/c1-16(2)5-8(12(18)19)11(17)7-3-6(15)4-9(13)10(7)14/h3-5H,1-2H3,(H,18,19)/b8-5-. The van der Waals surface area contributed by atoms with Gasteiger partial charge in [0.15, 0.2) is 11.6 Å². The number of rotatable bonds is 4. The van der Waals surface area contributed by atoms with Gasteiger partial charge in [0.1, 0.15) is 5.57 Å². The monoisotopic (exact) mass is 381 g/mol. The van der Waals surface area contributed by atoms with Crippen LogP contribution in [0.1, 0.15) is 10.4 Å². The quantitative estimate of drug-likeness (QED) is 0.217. The minimum atomic E-state index is -1.50. The van der Waals surface area contributed by atoms with Crippen molar-refractivity contribution in [1.82, 2.24) is 4.90 Å². The summed E-state index contributed by atoms with van der Waals surface area (Å²) in [6, 6.07) is 2.02. The Morgan fingerprint density at radius 3 is 2.37 bits per heavy atom. The van der Waals surface area contributed by atoms with Crippen molar-refractivity contribution in [3.05, 3.63) is 44.7 Å². The fraction of sp³-hybridized carbons (Fsp3) is 0.167. The zero-order valence-electron chi connectivity index (χ0n) is 10.1. The predicted octanol–water partition coefficient (Wildman–Crippen LogP) is 2.28. The summed E-state index contributed by atoms with van der Waals surface area (Å²) in [5.74, 6) is -5.12. The van der Waals surface area contributed by atoms with Gasteiger partial charge in [-0.05, 0) is 34.7 Å². The minimum Gasteiger partial charge on any atom is -0.477 e. The summed E-state index contributed by atoms with van der Waals surface area (Å²) in [5, 5.41) is 8.95. The van der Waals surface area contributed by atoms with E-state index < -0.39 is 34.5 Å². The first-order chi connectivity index (χ1) is 8.73. The number of carbonyl (C=O) groups is 2.